The molecule has 6 heteroatoms. The van der Waals surface area contributed by atoms with E-state index in [2.05, 4.69) is 40.1 Å². The van der Waals surface area contributed by atoms with Crippen LogP contribution >= 0.6 is 27.7 Å². The smallest absolute Gasteiger partial charge is 0.237 e. The van der Waals surface area contributed by atoms with Gasteiger partial charge in [-0.2, -0.15) is 0 Å². The van der Waals surface area contributed by atoms with E-state index in [0.29, 0.717) is 6.42 Å². The average Bonchev–Trinajstić information content (AvgIpc) is 2.39. The summed E-state index contributed by atoms with van der Waals surface area (Å²) in [5.41, 5.74) is 4.87. The van der Waals surface area contributed by atoms with Gasteiger partial charge >= 0.3 is 0 Å². The zero-order valence-electron chi connectivity index (χ0n) is 12.1. The maximum atomic E-state index is 11.7. The van der Waals surface area contributed by atoms with Gasteiger partial charge in [-0.3, -0.25) is 4.79 Å². The summed E-state index contributed by atoms with van der Waals surface area (Å²) in [6.45, 7) is 6.80. The Morgan fingerprint density at radius 2 is 2.35 bits per heavy atom. The van der Waals surface area contributed by atoms with Crippen LogP contribution in [0.2, 0.25) is 0 Å². The third-order valence-electron chi connectivity index (χ3n) is 3.04. The molecule has 0 aliphatic rings. The number of nitrogens with zero attached hydrogens (tertiary/aromatic N) is 1. The number of halogens is 1. The molecule has 4 nitrogen and oxygen atoms in total. The van der Waals surface area contributed by atoms with Gasteiger partial charge in [0.05, 0.1) is 5.54 Å². The Morgan fingerprint density at radius 3 is 2.90 bits per heavy atom. The largest absolute Gasteiger partial charge is 0.368 e. The number of rotatable bonds is 8. The molecule has 112 valence electrons. The predicted molar refractivity (Wildman–Crippen MR) is 87.8 cm³/mol. The fourth-order valence-electron chi connectivity index (χ4n) is 1.93. The highest BCUT2D eigenvalue weighted by molar-refractivity contribution is 9.10. The number of hydrogen-bond acceptors (Lipinski definition) is 4. The van der Waals surface area contributed by atoms with Crippen molar-refractivity contribution in [3.8, 4) is 0 Å². The van der Waals surface area contributed by atoms with Gasteiger partial charge in [-0.05, 0) is 54.4 Å². The average molecular weight is 360 g/mol. The molecular formula is C14H22BrN3OS. The number of primary amides is 1. The monoisotopic (exact) mass is 359 g/mol. The number of nitrogens with two attached hydrogens (primary N) is 1. The number of thioether (sulfide) groups is 1. The van der Waals surface area contributed by atoms with Crippen molar-refractivity contribution in [1.29, 1.82) is 0 Å². The number of hydrogen-bond donors (Lipinski definition) is 2. The molecule has 3 N–H and O–H groups in total. The van der Waals surface area contributed by atoms with Gasteiger partial charge < -0.3 is 11.1 Å². The molecule has 1 aromatic heterocycles. The number of aromatic nitrogens is 1. The molecule has 0 radical (unpaired) electrons. The van der Waals surface area contributed by atoms with Gasteiger partial charge in [-0.15, -0.1) is 11.8 Å². The van der Waals surface area contributed by atoms with Crippen LogP contribution in [0.25, 0.3) is 0 Å². The predicted octanol–water partition coefficient (Wildman–Crippen LogP) is 2.96. The van der Waals surface area contributed by atoms with Crippen LogP contribution in [0.5, 0.6) is 0 Å². The molecule has 2 unspecified atom stereocenters. The topological polar surface area (TPSA) is 68.0 Å². The van der Waals surface area contributed by atoms with Crippen molar-refractivity contribution >= 4 is 33.6 Å². The first-order valence-corrected chi connectivity index (χ1v) is 8.38. The number of pyridine rings is 1. The van der Waals surface area contributed by atoms with Gasteiger partial charge in [0.1, 0.15) is 5.03 Å². The lowest BCUT2D eigenvalue weighted by Crippen LogP contribution is -2.54. The summed E-state index contributed by atoms with van der Waals surface area (Å²) < 4.78 is 0.971. The van der Waals surface area contributed by atoms with E-state index >= 15 is 0 Å². The first-order chi connectivity index (χ1) is 9.39. The van der Waals surface area contributed by atoms with Crippen LogP contribution in [0.3, 0.4) is 0 Å². The zero-order chi connectivity index (χ0) is 15.2. The second kappa shape index (κ2) is 8.00. The molecule has 0 aromatic carbocycles. The van der Waals surface area contributed by atoms with Crippen molar-refractivity contribution in [2.75, 3.05) is 6.54 Å². The van der Waals surface area contributed by atoms with Crippen molar-refractivity contribution in [1.82, 2.24) is 10.3 Å². The van der Waals surface area contributed by atoms with Crippen molar-refractivity contribution in [3.63, 3.8) is 0 Å². The molecule has 0 bridgehead atoms. The molecule has 20 heavy (non-hydrogen) atoms. The van der Waals surface area contributed by atoms with Crippen LogP contribution in [0, 0.1) is 0 Å². The Morgan fingerprint density at radius 1 is 1.65 bits per heavy atom. The lowest BCUT2D eigenvalue weighted by atomic mass is 9.95. The molecule has 0 spiro atoms. The van der Waals surface area contributed by atoms with Crippen molar-refractivity contribution in [2.24, 2.45) is 5.73 Å². The minimum Gasteiger partial charge on any atom is -0.368 e. The van der Waals surface area contributed by atoms with Crippen LogP contribution in [0.1, 0.15) is 33.6 Å². The molecule has 0 aliphatic heterocycles. The Bertz CT molecular complexity index is 458. The summed E-state index contributed by atoms with van der Waals surface area (Å²) in [7, 11) is 0. The lowest BCUT2D eigenvalue weighted by Gasteiger charge is -2.30. The van der Waals surface area contributed by atoms with Crippen LogP contribution < -0.4 is 11.1 Å². The molecule has 1 amide bonds. The first kappa shape index (κ1) is 17.5. The van der Waals surface area contributed by atoms with E-state index in [4.69, 9.17) is 5.73 Å². The summed E-state index contributed by atoms with van der Waals surface area (Å²) in [4.78, 5) is 16.0. The van der Waals surface area contributed by atoms with Gasteiger partial charge in [0, 0.05) is 15.9 Å². The molecule has 2 atom stereocenters. The van der Waals surface area contributed by atoms with Gasteiger partial charge in [0.25, 0.3) is 0 Å². The first-order valence-electron chi connectivity index (χ1n) is 6.71. The minimum atomic E-state index is -0.677. The van der Waals surface area contributed by atoms with Crippen molar-refractivity contribution < 1.29 is 4.79 Å². The fourth-order valence-corrected chi connectivity index (χ4v) is 3.56. The SMILES string of the molecule is CCCNC(C)(CC(C)Sc1ncccc1Br)C(N)=O. The second-order valence-corrected chi connectivity index (χ2v) is 7.33. The summed E-state index contributed by atoms with van der Waals surface area (Å²) in [6.07, 6.45) is 3.40. The molecule has 1 rings (SSSR count). The van der Waals surface area contributed by atoms with Crippen LogP contribution in [0.15, 0.2) is 27.8 Å². The third kappa shape index (κ3) is 5.07. The Labute approximate surface area is 133 Å². The highest BCUT2D eigenvalue weighted by atomic mass is 79.9. The highest BCUT2D eigenvalue weighted by Gasteiger charge is 2.32. The van der Waals surface area contributed by atoms with E-state index in [1.165, 1.54) is 0 Å². The fraction of sp³-hybridized carbons (Fsp3) is 0.571. The Hall–Kier alpha value is -0.590. The highest BCUT2D eigenvalue weighted by Crippen LogP contribution is 2.31. The quantitative estimate of drug-likeness (QED) is 0.700. The van der Waals surface area contributed by atoms with Gasteiger partial charge in [0.2, 0.25) is 5.91 Å². The molecule has 0 saturated heterocycles. The van der Waals surface area contributed by atoms with Crippen LogP contribution in [-0.4, -0.2) is 28.2 Å². The molecule has 0 fully saturated rings. The molecular weight excluding hydrogens is 338 g/mol. The van der Waals surface area contributed by atoms with E-state index in [1.807, 2.05) is 19.1 Å². The summed E-state index contributed by atoms with van der Waals surface area (Å²) in [5, 5.41) is 4.41. The summed E-state index contributed by atoms with van der Waals surface area (Å²) >= 11 is 5.13. The second-order valence-electron chi connectivity index (χ2n) is 5.05. The minimum absolute atomic E-state index is 0.225. The van der Waals surface area contributed by atoms with Crippen LogP contribution in [-0.2, 0) is 4.79 Å². The Kier molecular flexibility index (Phi) is 6.99. The van der Waals surface area contributed by atoms with E-state index in [9.17, 15) is 4.79 Å². The van der Waals surface area contributed by atoms with Gasteiger partial charge in [-0.25, -0.2) is 4.98 Å². The van der Waals surface area contributed by atoms with Gasteiger partial charge in [0.15, 0.2) is 0 Å². The van der Waals surface area contributed by atoms with Crippen LogP contribution in [0.4, 0.5) is 0 Å². The maximum absolute atomic E-state index is 11.7. The lowest BCUT2D eigenvalue weighted by molar-refractivity contribution is -0.124. The zero-order valence-corrected chi connectivity index (χ0v) is 14.6. The van der Waals surface area contributed by atoms with E-state index < -0.39 is 5.54 Å². The third-order valence-corrected chi connectivity index (χ3v) is 5.06. The summed E-state index contributed by atoms with van der Waals surface area (Å²) in [6, 6.07) is 3.85. The van der Waals surface area contributed by atoms with E-state index in [1.54, 1.807) is 18.0 Å². The number of carbonyl (C=O) groups excluding carboxylic acids is 1. The number of nitrogens with one attached hydrogen (secondary N) is 1. The number of amides is 1. The van der Waals surface area contributed by atoms with Crippen molar-refractivity contribution in [3.05, 3.63) is 22.8 Å². The number of carbonyl (C=O) groups is 1. The molecule has 0 aliphatic carbocycles. The normalized spacial score (nSPS) is 15.6. The van der Waals surface area contributed by atoms with E-state index in [0.717, 1.165) is 22.5 Å². The molecule has 1 aromatic rings. The van der Waals surface area contributed by atoms with Gasteiger partial charge in [-0.1, -0.05) is 13.8 Å². The standard InChI is InChI=1S/C14H22BrN3OS/c1-4-7-18-14(3,13(16)19)9-10(2)20-12-11(15)6-5-8-17-12/h5-6,8,10,18H,4,7,9H2,1-3H3,(H2,16,19). The Balaban J connectivity index is 2.69. The van der Waals surface area contributed by atoms with Crippen molar-refractivity contribution in [2.45, 2.75) is 49.4 Å². The summed E-state index contributed by atoms with van der Waals surface area (Å²) in [5.74, 6) is -0.307. The molecule has 0 saturated carbocycles. The maximum Gasteiger partial charge on any atom is 0.237 e. The molecule has 1 heterocycles. The van der Waals surface area contributed by atoms with E-state index in [-0.39, 0.29) is 11.2 Å².